The molecule has 3 saturated heterocycles. The van der Waals surface area contributed by atoms with Crippen LogP contribution in [0.15, 0.2) is 0 Å². The van der Waals surface area contributed by atoms with Gasteiger partial charge in [-0.05, 0) is 41.5 Å². The van der Waals surface area contributed by atoms with Crippen molar-refractivity contribution in [3.05, 3.63) is 0 Å². The van der Waals surface area contributed by atoms with Crippen LogP contribution in [0.5, 0.6) is 0 Å². The van der Waals surface area contributed by atoms with E-state index in [4.69, 9.17) is 43.2 Å². The molecule has 10 nitrogen and oxygen atoms in total. The van der Waals surface area contributed by atoms with Crippen molar-refractivity contribution < 1.29 is 52.6 Å². The number of aliphatic hydroxyl groups excluding tert-OH is 3. The Morgan fingerprint density at radius 3 is 1.47 bits per heavy atom. The Morgan fingerprint density at radius 1 is 0.778 bits per heavy atom. The number of ether oxygens (including phenoxy) is 3. The molecule has 3 rings (SSSR count). The van der Waals surface area contributed by atoms with Crippen LogP contribution in [0.3, 0.4) is 0 Å². The van der Waals surface area contributed by atoms with Gasteiger partial charge in [0.05, 0.1) is 46.8 Å². The Kier molecular flexibility index (Phi) is 12.2. The molecule has 0 amide bonds. The Balaban J connectivity index is 0.000000292. The second-order valence-corrected chi connectivity index (χ2v) is 11.4. The van der Waals surface area contributed by atoms with Gasteiger partial charge in [-0.15, -0.1) is 11.6 Å². The number of hydrogen-bond donors (Lipinski definition) is 4. The molecule has 4 N–H and O–H groups in total. The lowest BCUT2D eigenvalue weighted by Gasteiger charge is -2.23. The van der Waals surface area contributed by atoms with Gasteiger partial charge in [0, 0.05) is 28.2 Å². The van der Waals surface area contributed by atoms with E-state index in [0.29, 0.717) is 0 Å². The van der Waals surface area contributed by atoms with E-state index in [0.717, 1.165) is 0 Å². The van der Waals surface area contributed by atoms with Gasteiger partial charge >= 0.3 is 0 Å². The van der Waals surface area contributed by atoms with E-state index in [9.17, 15) is 24.8 Å². The van der Waals surface area contributed by atoms with Gasteiger partial charge in [0.2, 0.25) is 0 Å². The van der Waals surface area contributed by atoms with E-state index >= 15 is 0 Å². The third kappa shape index (κ3) is 8.31. The van der Waals surface area contributed by atoms with Crippen LogP contribution in [-0.2, 0) is 27.8 Å². The van der Waals surface area contributed by atoms with Crippen molar-refractivity contribution >= 4 is 39.8 Å². The fraction of sp³-hybridized carbons (Fsp3) is 1.00. The minimum Gasteiger partial charge on any atom is -0.388 e. The number of halogens is 2. The second kappa shape index (κ2) is 14.7. The van der Waals surface area contributed by atoms with Crippen LogP contribution < -0.4 is 0 Å². The van der Waals surface area contributed by atoms with Crippen molar-refractivity contribution in [2.75, 3.05) is 19.8 Å². The molecule has 3 unspecified atom stereocenters. The highest BCUT2D eigenvalue weighted by molar-refractivity contribution is 7.10. The van der Waals surface area contributed by atoms with Crippen LogP contribution >= 0.6 is 39.8 Å². The summed E-state index contributed by atoms with van der Waals surface area (Å²) in [5, 5.41) is 38.5. The summed E-state index contributed by atoms with van der Waals surface area (Å²) in [5.41, 5.74) is -2.95. The van der Waals surface area contributed by atoms with Crippen molar-refractivity contribution in [1.82, 2.24) is 0 Å². The molecule has 0 saturated carbocycles. The van der Waals surface area contributed by atoms with Gasteiger partial charge in [0.25, 0.3) is 0 Å². The van der Waals surface area contributed by atoms with Crippen LogP contribution in [-0.4, -0.2) is 115 Å². The zero-order valence-corrected chi connectivity index (χ0v) is 25.1. The standard InChI is InChI=1S/C7H14ClO3P.C7H14FO3P.C7H15O4P/c2*1-4-7(2,8)6(9)5(11-4)3-10-12;1-4-7(2,9)6(8)5(11-4)3-10-12/h2*4-6,9H,3,12H2,1-2H3;4-6,8-9H,3,12H2,1-2H3/t3*4-,5+,6+,7-/m000/s1/i3*12D/t3*4-,5+,6+,7-,12?. The van der Waals surface area contributed by atoms with Crippen LogP contribution in [0.2, 0.25) is 0 Å². The Morgan fingerprint density at radius 2 is 1.17 bits per heavy atom. The summed E-state index contributed by atoms with van der Waals surface area (Å²) < 4.78 is 64.3. The van der Waals surface area contributed by atoms with Crippen LogP contribution in [0.1, 0.15) is 41.5 Å². The predicted molar refractivity (Wildman–Crippen MR) is 142 cm³/mol. The van der Waals surface area contributed by atoms with E-state index in [-0.39, 0.29) is 44.7 Å². The topological polar surface area (TPSA) is 136 Å². The summed E-state index contributed by atoms with van der Waals surface area (Å²) in [6, 6.07) is 0. The van der Waals surface area contributed by atoms with Gasteiger partial charge < -0.3 is 48.2 Å². The lowest BCUT2D eigenvalue weighted by molar-refractivity contribution is -0.0571. The molecule has 0 radical (unpaired) electrons. The Bertz CT molecular complexity index is 634. The smallest absolute Gasteiger partial charge is 0.162 e. The first-order chi connectivity index (χ1) is 18.0. The van der Waals surface area contributed by atoms with Gasteiger partial charge in [0.15, 0.2) is 5.67 Å². The molecule has 15 atom stereocenters. The second-order valence-electron chi connectivity index (χ2n) is 9.75. The molecule has 3 aliphatic heterocycles. The summed E-state index contributed by atoms with van der Waals surface area (Å²) in [6.45, 7) is 10.1. The maximum absolute atomic E-state index is 13.6. The van der Waals surface area contributed by atoms with Gasteiger partial charge in [-0.25, -0.2) is 4.39 Å². The maximum Gasteiger partial charge on any atom is 0.162 e. The molecule has 0 aromatic carbocycles. The van der Waals surface area contributed by atoms with Crippen molar-refractivity contribution in [2.24, 2.45) is 0 Å². The molecule has 15 heteroatoms. The van der Waals surface area contributed by atoms with E-state index in [2.05, 4.69) is 0 Å². The Hall–Kier alpha value is 1.11. The molecule has 3 fully saturated rings. The van der Waals surface area contributed by atoms with Crippen LogP contribution in [0.4, 0.5) is 4.39 Å². The van der Waals surface area contributed by atoms with Gasteiger partial charge in [-0.1, -0.05) is 0 Å². The van der Waals surface area contributed by atoms with Gasteiger partial charge in [0.1, 0.15) is 42.2 Å². The molecule has 3 heterocycles. The van der Waals surface area contributed by atoms with Crippen LogP contribution in [0, 0.1) is 0 Å². The zero-order valence-electron chi connectivity index (χ0n) is 24.3. The lowest BCUT2D eigenvalue weighted by atomic mass is 9.94. The molecule has 0 aromatic heterocycles. The highest BCUT2D eigenvalue weighted by atomic mass is 35.5. The third-order valence-electron chi connectivity index (χ3n) is 7.10. The fourth-order valence-electron chi connectivity index (χ4n) is 3.88. The minimum atomic E-state index is -1.72. The fourth-order valence-corrected chi connectivity index (χ4v) is 4.56. The normalized spacial score (nSPS) is 50.3. The van der Waals surface area contributed by atoms with E-state index in [1.165, 1.54) is 13.8 Å². The summed E-state index contributed by atoms with van der Waals surface area (Å²) in [6.07, 6.45) is -5.68. The van der Waals surface area contributed by atoms with Crippen molar-refractivity contribution in [3.8, 4) is 0 Å². The summed E-state index contributed by atoms with van der Waals surface area (Å²) in [7, 11) is -1.13. The van der Waals surface area contributed by atoms with Gasteiger partial charge in [-0.2, -0.15) is 0 Å². The number of rotatable bonds is 9. The molecule has 0 spiro atoms. The quantitative estimate of drug-likeness (QED) is 0.225. The summed E-state index contributed by atoms with van der Waals surface area (Å²) >= 11 is 6.07. The maximum atomic E-state index is 13.6. The molecule has 36 heavy (non-hydrogen) atoms. The Labute approximate surface area is 228 Å². The average Bonchev–Trinajstić information content (AvgIpc) is 3.29. The summed E-state index contributed by atoms with van der Waals surface area (Å²) in [4.78, 5) is -0.751. The van der Waals surface area contributed by atoms with Crippen molar-refractivity contribution in [2.45, 2.75) is 113 Å². The third-order valence-corrected chi connectivity index (χ3v) is 8.14. The lowest BCUT2D eigenvalue weighted by Crippen LogP contribution is -2.44. The summed E-state index contributed by atoms with van der Waals surface area (Å²) in [5.74, 6) is 0. The number of alkyl halides is 2. The molecular formula is C21H43ClFO10P3. The van der Waals surface area contributed by atoms with E-state index in [1.807, 2.05) is 6.92 Å². The monoisotopic (exact) mass is 605 g/mol. The van der Waals surface area contributed by atoms with E-state index < -0.39 is 74.4 Å². The largest absolute Gasteiger partial charge is 0.388 e. The first-order valence-electron chi connectivity index (χ1n) is 13.0. The zero-order chi connectivity index (χ0) is 30.2. The van der Waals surface area contributed by atoms with Crippen LogP contribution in [0.25, 0.3) is 0 Å². The molecule has 0 aliphatic carbocycles. The first-order valence-corrected chi connectivity index (χ1v) is 13.1. The molecule has 0 bridgehead atoms. The number of aliphatic hydroxyl groups is 4. The highest BCUT2D eigenvalue weighted by Crippen LogP contribution is 2.37. The predicted octanol–water partition coefficient (Wildman–Crippen LogP) is 1.30. The van der Waals surface area contributed by atoms with Gasteiger partial charge in [-0.3, -0.25) is 0 Å². The molecule has 0 aromatic rings. The first kappa shape index (κ1) is 30.1. The van der Waals surface area contributed by atoms with Crippen molar-refractivity contribution in [1.29, 1.82) is 3.84 Å². The van der Waals surface area contributed by atoms with E-state index in [1.54, 1.807) is 20.8 Å². The molecular weight excluding hydrogens is 560 g/mol. The molecule has 216 valence electrons. The SMILES string of the molecule is [2H]POC[C@H]1O[C@@H](C)[C@](C)(Cl)[C@@H]1O.[2H]POC[C@H]1O[C@@H](C)[C@](C)(F)[C@@H]1O.[2H]POC[C@H]1O[C@@H](C)[C@](C)(O)[C@@H]1O. The minimum absolute atomic E-state index is 0.0764. The van der Waals surface area contributed by atoms with Crippen molar-refractivity contribution in [3.63, 3.8) is 0 Å². The highest BCUT2D eigenvalue weighted by Gasteiger charge is 2.52. The average molecular weight is 606 g/mol. The molecule has 3 aliphatic rings. The number of hydrogen-bond acceptors (Lipinski definition) is 10.